The lowest BCUT2D eigenvalue weighted by Gasteiger charge is -1.98. The average Bonchev–Trinajstić information content (AvgIpc) is 1.68. The maximum Gasteiger partial charge on any atom is 0.192 e. The fourth-order valence-corrected chi connectivity index (χ4v) is 18.0. The molecule has 0 amide bonds. The number of fused-ring (bicyclic) bond motifs is 10. The van der Waals surface area contributed by atoms with Gasteiger partial charge in [-0.05, 0) is 329 Å². The lowest BCUT2D eigenvalue weighted by atomic mass is 10.1. The predicted molar refractivity (Wildman–Crippen MR) is 506 cm³/mol. The lowest BCUT2D eigenvalue weighted by molar-refractivity contribution is 0.561. The Hall–Kier alpha value is -10.9. The first kappa shape index (κ1) is 85.0. The summed E-state index contributed by atoms with van der Waals surface area (Å²) in [4.78, 5) is 15.8. The van der Waals surface area contributed by atoms with Crippen LogP contribution in [0.15, 0.2) is 228 Å². The molecule has 115 heavy (non-hydrogen) atoms. The number of thiazole rings is 1. The molecule has 10 heterocycles. The molecule has 13 heteroatoms. The third-order valence-corrected chi connectivity index (χ3v) is 24.7. The fraction of sp³-hybridized carbons (Fsp3) is 0.245. The van der Waals surface area contributed by atoms with Crippen LogP contribution < -0.4 is 0 Å². The molecule has 0 fully saturated rings. The maximum absolute atomic E-state index is 5.34. The third kappa shape index (κ3) is 21.7. The molecule has 0 spiro atoms. The number of imidazole rings is 1. The number of hydrogen-bond acceptors (Lipinski definition) is 8. The van der Waals surface area contributed by atoms with Crippen molar-refractivity contribution < 1.29 is 4.42 Å². The molecule has 0 N–H and O–H groups in total. The van der Waals surface area contributed by atoms with Gasteiger partial charge in [0.05, 0.1) is 26.3 Å². The third-order valence-electron chi connectivity index (χ3n) is 20.6. The first-order chi connectivity index (χ1) is 54.7. The summed E-state index contributed by atoms with van der Waals surface area (Å²) >= 11 is 7.31. The quantitative estimate of drug-likeness (QED) is 0.152. The van der Waals surface area contributed by atoms with Gasteiger partial charge in [0.15, 0.2) is 11.5 Å². The molecular formula is C102H112N8OS4. The molecule has 0 saturated carbocycles. The van der Waals surface area contributed by atoms with Gasteiger partial charge in [-0.2, -0.15) is 0 Å². The highest BCUT2D eigenvalue weighted by Gasteiger charge is 2.09. The van der Waals surface area contributed by atoms with Crippen molar-refractivity contribution in [2.45, 2.75) is 138 Å². The van der Waals surface area contributed by atoms with Gasteiger partial charge >= 0.3 is 0 Å². The van der Waals surface area contributed by atoms with E-state index < -0.39 is 0 Å². The van der Waals surface area contributed by atoms with Crippen LogP contribution in [0.1, 0.15) is 110 Å². The number of thiophene rings is 3. The highest BCUT2D eigenvalue weighted by Crippen LogP contribution is 2.31. The molecule has 0 unspecified atom stereocenters. The first-order valence-electron chi connectivity index (χ1n) is 39.3. The molecule has 0 aliphatic carbocycles. The van der Waals surface area contributed by atoms with Crippen molar-refractivity contribution in [3.05, 3.63) is 334 Å². The van der Waals surface area contributed by atoms with E-state index in [-0.39, 0.29) is 0 Å². The second-order valence-electron chi connectivity index (χ2n) is 31.0. The standard InChI is InChI=1S/4C11H13N.C10H12N2.3C10H10S.C9H9NO.C9H9NS/c1-8-4-5-11-10(6-8)9(2)7-12(11)3;1-8-4-5-11-10(6-8)7-9(2)12(11)3;1-8-4-5-10-9(2)7-12(3)11(10)6-8;1-8-4-5-10-7-9(2)12(3)11(10)6-8;1-7-4-5-9-10(6-7)12(3)8(2)11-9;1-7-3-4-10-9(5-7)6-8(2)11-10;1-7-3-4-9-8(2)6-11-10(9)5-7;1-7-3-4-9-6-8(2)11-10(9)5-7;2*1-6-3-4-8-9(5-6)11-7(2)10-8/h4*4-7H,1-3H3;4-6H,1-3H3;3*3-6H,1-2H3;2*3-5H,1-2H3. The summed E-state index contributed by atoms with van der Waals surface area (Å²) in [7, 11) is 10.4. The van der Waals surface area contributed by atoms with E-state index in [9.17, 15) is 0 Å². The highest BCUT2D eigenvalue weighted by atomic mass is 32.1. The maximum atomic E-state index is 5.34. The summed E-state index contributed by atoms with van der Waals surface area (Å²) in [6.07, 6.45) is 4.34. The average molecular weight is 1590 g/mol. The normalized spacial score (nSPS) is 10.8. The van der Waals surface area contributed by atoms with Crippen molar-refractivity contribution in [2.24, 2.45) is 35.2 Å². The predicted octanol–water partition coefficient (Wildman–Crippen LogP) is 29.3. The van der Waals surface area contributed by atoms with Crippen LogP contribution in [0.2, 0.25) is 0 Å². The monoisotopic (exact) mass is 1590 g/mol. The van der Waals surface area contributed by atoms with E-state index >= 15 is 0 Å². The molecule has 10 aromatic heterocycles. The van der Waals surface area contributed by atoms with Gasteiger partial charge in [0.25, 0.3) is 0 Å². The summed E-state index contributed by atoms with van der Waals surface area (Å²) < 4.78 is 21.7. The minimum atomic E-state index is 0.727. The molecule has 20 aromatic rings. The van der Waals surface area contributed by atoms with Crippen molar-refractivity contribution in [1.82, 2.24) is 37.8 Å². The Morgan fingerprint density at radius 3 is 1.41 bits per heavy atom. The molecule has 0 atom stereocenters. The largest absolute Gasteiger partial charge is 0.441 e. The van der Waals surface area contributed by atoms with Gasteiger partial charge in [0.2, 0.25) is 0 Å². The molecule has 10 aromatic carbocycles. The molecular weight excluding hydrogens is 1480 g/mol. The van der Waals surface area contributed by atoms with Crippen LogP contribution in [-0.4, -0.2) is 37.8 Å². The van der Waals surface area contributed by atoms with E-state index in [1.165, 1.54) is 178 Å². The molecule has 0 radical (unpaired) electrons. The van der Waals surface area contributed by atoms with Crippen LogP contribution in [-0.2, 0) is 35.2 Å². The minimum Gasteiger partial charge on any atom is -0.441 e. The van der Waals surface area contributed by atoms with Crippen molar-refractivity contribution in [1.29, 1.82) is 0 Å². The zero-order chi connectivity index (χ0) is 82.8. The lowest BCUT2D eigenvalue weighted by Crippen LogP contribution is -1.89. The van der Waals surface area contributed by atoms with E-state index in [1.54, 1.807) is 11.3 Å². The van der Waals surface area contributed by atoms with E-state index in [0.717, 1.165) is 38.9 Å². The summed E-state index contributed by atoms with van der Waals surface area (Å²) in [5.41, 5.74) is 30.4. The van der Waals surface area contributed by atoms with Gasteiger partial charge in [-0.1, -0.05) is 108 Å². The SMILES string of the molecule is Cc1ccc2c(C)cn(C)c2c1.Cc1ccc2c(C)csc2c1.Cc1ccc2c(c1)c(C)cn2C.Cc1ccc2c(c1)cc(C)n2C.Cc1ccc2cc(C)n(C)c2c1.Cc1ccc2cc(C)sc2c1.Cc1ccc2nc(C)n(C)c2c1.Cc1ccc2nc(C)oc2c1.Cc1ccc2nc(C)sc2c1.Cc1ccc2sc(C)cc2c1. The summed E-state index contributed by atoms with van der Waals surface area (Å²) in [6.45, 7) is 42.1. The van der Waals surface area contributed by atoms with E-state index in [0.29, 0.717) is 0 Å². The van der Waals surface area contributed by atoms with E-state index in [2.05, 4.69) is 383 Å². The second kappa shape index (κ2) is 37.6. The number of rotatable bonds is 0. The summed E-state index contributed by atoms with van der Waals surface area (Å²) in [6, 6.07) is 73.7. The van der Waals surface area contributed by atoms with Crippen LogP contribution >= 0.6 is 45.3 Å². The molecule has 590 valence electrons. The smallest absolute Gasteiger partial charge is 0.192 e. The van der Waals surface area contributed by atoms with Gasteiger partial charge in [-0.3, -0.25) is 0 Å². The number of oxazole rings is 1. The van der Waals surface area contributed by atoms with Crippen molar-refractivity contribution in [2.75, 3.05) is 0 Å². The topological polar surface area (TPSA) is 76.5 Å². The summed E-state index contributed by atoms with van der Waals surface area (Å²) in [5, 5.41) is 12.9. The molecule has 20 rings (SSSR count). The number of nitrogens with zero attached hydrogens (tertiary/aromatic N) is 8. The Morgan fingerprint density at radius 2 is 0.739 bits per heavy atom. The molecule has 0 bridgehead atoms. The zero-order valence-corrected chi connectivity index (χ0v) is 75.2. The van der Waals surface area contributed by atoms with Crippen molar-refractivity contribution in [3.63, 3.8) is 0 Å². The minimum absolute atomic E-state index is 0.727. The summed E-state index contributed by atoms with van der Waals surface area (Å²) in [5.74, 6) is 1.79. The number of benzene rings is 10. The van der Waals surface area contributed by atoms with Crippen LogP contribution in [0.25, 0.3) is 106 Å². The zero-order valence-electron chi connectivity index (χ0n) is 72.0. The number of aryl methyl sites for hydroxylation is 25. The Morgan fingerprint density at radius 1 is 0.278 bits per heavy atom. The van der Waals surface area contributed by atoms with Crippen LogP contribution in [0.4, 0.5) is 0 Å². The molecule has 0 saturated heterocycles. The van der Waals surface area contributed by atoms with Gasteiger partial charge in [0.1, 0.15) is 11.3 Å². The fourth-order valence-electron chi connectivity index (χ4n) is 14.1. The second-order valence-corrected chi connectivity index (χ2v) is 35.8. The van der Waals surface area contributed by atoms with Crippen LogP contribution in [0.5, 0.6) is 0 Å². The number of hydrogen-bond donors (Lipinski definition) is 0. The molecule has 0 aliphatic heterocycles. The van der Waals surface area contributed by atoms with Crippen LogP contribution in [0.3, 0.4) is 0 Å². The first-order valence-corrected chi connectivity index (χ1v) is 42.6. The van der Waals surface area contributed by atoms with E-state index in [4.69, 9.17) is 4.42 Å². The van der Waals surface area contributed by atoms with Crippen LogP contribution in [0, 0.1) is 138 Å². The van der Waals surface area contributed by atoms with Gasteiger partial charge in [-0.15, -0.1) is 45.3 Å². The Bertz CT molecular complexity index is 6240. The Labute approximate surface area is 696 Å². The van der Waals surface area contributed by atoms with Gasteiger partial charge in [-0.25, -0.2) is 15.0 Å². The number of aromatic nitrogens is 8. The van der Waals surface area contributed by atoms with Crippen molar-refractivity contribution in [3.8, 4) is 0 Å². The van der Waals surface area contributed by atoms with Gasteiger partial charge in [0, 0.05) is 128 Å². The Kier molecular flexibility index (Phi) is 27.8. The van der Waals surface area contributed by atoms with Crippen molar-refractivity contribution >= 4 is 152 Å². The Balaban J connectivity index is 0.000000126. The van der Waals surface area contributed by atoms with E-state index in [1.807, 2.05) is 87.0 Å². The highest BCUT2D eigenvalue weighted by molar-refractivity contribution is 7.19. The molecule has 0 aliphatic rings. The molecule has 9 nitrogen and oxygen atoms in total. The van der Waals surface area contributed by atoms with Gasteiger partial charge < -0.3 is 27.3 Å².